The number of amides is 1. The maximum atomic E-state index is 12.4. The van der Waals surface area contributed by atoms with Gasteiger partial charge in [-0.1, -0.05) is 30.3 Å². The van der Waals surface area contributed by atoms with Gasteiger partial charge in [-0.05, 0) is 72.9 Å². The topological polar surface area (TPSA) is 63.7 Å². The number of benzene rings is 3. The summed E-state index contributed by atoms with van der Waals surface area (Å²) in [5.74, 6) is 2.33. The normalized spacial score (nSPS) is 12.7. The van der Waals surface area contributed by atoms with E-state index in [-0.39, 0.29) is 5.91 Å². The Bertz CT molecular complexity index is 1290. The fraction of sp³-hybridized carbons (Fsp3) is 0.267. The molecule has 1 heterocycles. The number of nitrogens with one attached hydrogen (secondary N) is 1. The molecule has 1 N–H and O–H groups in total. The number of anilines is 1. The number of para-hydroxylation sites is 1. The molecule has 1 amide bonds. The third-order valence-corrected chi connectivity index (χ3v) is 7.26. The van der Waals surface area contributed by atoms with Crippen molar-refractivity contribution in [2.24, 2.45) is 5.92 Å². The van der Waals surface area contributed by atoms with Crippen LogP contribution in [0.2, 0.25) is 0 Å². The molecule has 0 bridgehead atoms. The van der Waals surface area contributed by atoms with Crippen LogP contribution in [0, 0.1) is 5.92 Å². The molecule has 1 saturated carbocycles. The second kappa shape index (κ2) is 11.9. The summed E-state index contributed by atoms with van der Waals surface area (Å²) in [6.07, 6.45) is 2.44. The van der Waals surface area contributed by atoms with E-state index in [4.69, 9.17) is 14.5 Å². The minimum absolute atomic E-state index is 0.00405. The van der Waals surface area contributed by atoms with E-state index in [0.717, 1.165) is 40.0 Å². The zero-order chi connectivity index (χ0) is 25.5. The Morgan fingerprint density at radius 3 is 2.46 bits per heavy atom. The molecule has 0 aliphatic heterocycles. The highest BCUT2D eigenvalue weighted by Crippen LogP contribution is 2.30. The van der Waals surface area contributed by atoms with Crippen LogP contribution in [-0.4, -0.2) is 37.7 Å². The molecular weight excluding hydrogens is 482 g/mol. The monoisotopic (exact) mass is 513 g/mol. The first kappa shape index (κ1) is 24.8. The Hall–Kier alpha value is -3.84. The van der Waals surface area contributed by atoms with E-state index >= 15 is 0 Å². The predicted octanol–water partition coefficient (Wildman–Crippen LogP) is 6.04. The van der Waals surface area contributed by atoms with Crippen LogP contribution >= 0.6 is 11.3 Å². The van der Waals surface area contributed by atoms with Gasteiger partial charge in [-0.3, -0.25) is 4.79 Å². The van der Waals surface area contributed by atoms with E-state index in [1.165, 1.54) is 12.8 Å². The number of aromatic nitrogens is 1. The van der Waals surface area contributed by atoms with E-state index in [1.54, 1.807) is 18.4 Å². The van der Waals surface area contributed by atoms with Gasteiger partial charge in [0.15, 0.2) is 5.13 Å². The number of carbonyl (C=O) groups is 1. The molecule has 0 unspecified atom stereocenters. The second-order valence-corrected chi connectivity index (χ2v) is 10.0. The van der Waals surface area contributed by atoms with Crippen molar-refractivity contribution in [2.45, 2.75) is 19.4 Å². The molecule has 37 heavy (non-hydrogen) atoms. The Kier molecular flexibility index (Phi) is 8.01. The lowest BCUT2D eigenvalue weighted by molar-refractivity contribution is 0.0952. The van der Waals surface area contributed by atoms with Crippen LogP contribution in [-0.2, 0) is 6.54 Å². The molecule has 1 aliphatic carbocycles. The smallest absolute Gasteiger partial charge is 0.251 e. The van der Waals surface area contributed by atoms with Crippen LogP contribution < -0.4 is 19.7 Å². The van der Waals surface area contributed by atoms with Crippen LogP contribution in [0.1, 0.15) is 28.8 Å². The third-order valence-electron chi connectivity index (χ3n) is 6.36. The first-order valence-electron chi connectivity index (χ1n) is 12.6. The summed E-state index contributed by atoms with van der Waals surface area (Å²) in [5, 5.41) is 6.04. The Morgan fingerprint density at radius 2 is 1.76 bits per heavy atom. The maximum absolute atomic E-state index is 12.4. The zero-order valence-corrected chi connectivity index (χ0v) is 21.7. The quantitative estimate of drug-likeness (QED) is 0.250. The van der Waals surface area contributed by atoms with Gasteiger partial charge in [0, 0.05) is 29.6 Å². The molecule has 1 aromatic heterocycles. The van der Waals surface area contributed by atoms with Gasteiger partial charge in [0.25, 0.3) is 5.91 Å². The zero-order valence-electron chi connectivity index (χ0n) is 20.9. The molecule has 1 aliphatic rings. The summed E-state index contributed by atoms with van der Waals surface area (Å²) in [7, 11) is 1.67. The number of hydrogen-bond acceptors (Lipinski definition) is 6. The summed E-state index contributed by atoms with van der Waals surface area (Å²) in [6, 6.07) is 25.6. The molecule has 0 radical (unpaired) electrons. The highest BCUT2D eigenvalue weighted by Gasteiger charge is 2.22. The van der Waals surface area contributed by atoms with Gasteiger partial charge in [0.1, 0.15) is 18.1 Å². The average molecular weight is 514 g/mol. The number of rotatable bonds is 12. The molecule has 3 aromatic carbocycles. The molecule has 6 nitrogen and oxygen atoms in total. The number of methoxy groups -OCH3 is 1. The summed E-state index contributed by atoms with van der Waals surface area (Å²) in [5.41, 5.74) is 3.78. The number of nitrogens with zero attached hydrogens (tertiary/aromatic N) is 2. The standard InChI is InChI=1S/C30H31N3O3S/c1-35-26-15-13-24(14-16-26)28-21-37-30(32-28)33(17-18-36-27-5-3-2-4-6-27)20-23-9-11-25(12-10-23)29(34)31-19-22-7-8-22/h2-6,9-16,21-22H,7-8,17-20H2,1H3,(H,31,34). The molecule has 5 rings (SSSR count). The van der Waals surface area contributed by atoms with Gasteiger partial charge in [0.2, 0.25) is 0 Å². The van der Waals surface area contributed by atoms with E-state index in [2.05, 4.69) is 15.6 Å². The predicted molar refractivity (Wildman–Crippen MR) is 149 cm³/mol. The first-order valence-corrected chi connectivity index (χ1v) is 13.5. The Morgan fingerprint density at radius 1 is 1.00 bits per heavy atom. The largest absolute Gasteiger partial charge is 0.497 e. The van der Waals surface area contributed by atoms with Crippen LogP contribution in [0.25, 0.3) is 11.3 Å². The number of hydrogen-bond donors (Lipinski definition) is 1. The highest BCUT2D eigenvalue weighted by atomic mass is 32.1. The minimum Gasteiger partial charge on any atom is -0.497 e. The van der Waals surface area contributed by atoms with E-state index in [1.807, 2.05) is 78.9 Å². The molecular formula is C30H31N3O3S. The molecule has 0 saturated heterocycles. The summed E-state index contributed by atoms with van der Waals surface area (Å²) < 4.78 is 11.3. The van der Waals surface area contributed by atoms with Gasteiger partial charge in [0.05, 0.1) is 19.3 Å². The average Bonchev–Trinajstić information content (AvgIpc) is 3.65. The highest BCUT2D eigenvalue weighted by molar-refractivity contribution is 7.14. The second-order valence-electron chi connectivity index (χ2n) is 9.18. The van der Waals surface area contributed by atoms with Crippen molar-refractivity contribution >= 4 is 22.4 Å². The van der Waals surface area contributed by atoms with E-state index in [0.29, 0.717) is 31.2 Å². The summed E-state index contributed by atoms with van der Waals surface area (Å²) >= 11 is 1.62. The van der Waals surface area contributed by atoms with Crippen LogP contribution in [0.4, 0.5) is 5.13 Å². The summed E-state index contributed by atoms with van der Waals surface area (Å²) in [6.45, 7) is 2.64. The van der Waals surface area contributed by atoms with Crippen molar-refractivity contribution in [3.63, 3.8) is 0 Å². The number of carbonyl (C=O) groups excluding carboxylic acids is 1. The third kappa shape index (κ3) is 6.89. The Balaban J connectivity index is 1.28. The van der Waals surface area contributed by atoms with Crippen molar-refractivity contribution < 1.29 is 14.3 Å². The molecule has 0 atom stereocenters. The lowest BCUT2D eigenvalue weighted by Gasteiger charge is -2.22. The van der Waals surface area contributed by atoms with E-state index < -0.39 is 0 Å². The van der Waals surface area contributed by atoms with Gasteiger partial charge < -0.3 is 19.7 Å². The number of ether oxygens (including phenoxy) is 2. The van der Waals surface area contributed by atoms with E-state index in [9.17, 15) is 4.79 Å². The number of thiazole rings is 1. The van der Waals surface area contributed by atoms with Gasteiger partial charge >= 0.3 is 0 Å². The van der Waals surface area contributed by atoms with Crippen molar-refractivity contribution in [1.82, 2.24) is 10.3 Å². The van der Waals surface area contributed by atoms with Crippen molar-refractivity contribution in [1.29, 1.82) is 0 Å². The van der Waals surface area contributed by atoms with Gasteiger partial charge in [-0.2, -0.15) is 0 Å². The lowest BCUT2D eigenvalue weighted by atomic mass is 10.1. The molecule has 7 heteroatoms. The molecule has 1 fully saturated rings. The van der Waals surface area contributed by atoms with Crippen LogP contribution in [0.3, 0.4) is 0 Å². The van der Waals surface area contributed by atoms with Gasteiger partial charge in [-0.25, -0.2) is 4.98 Å². The SMILES string of the molecule is COc1ccc(-c2csc(N(CCOc3ccccc3)Cc3ccc(C(=O)NCC4CC4)cc3)n2)cc1. The Labute approximate surface area is 221 Å². The summed E-state index contributed by atoms with van der Waals surface area (Å²) in [4.78, 5) is 19.6. The molecule has 0 spiro atoms. The molecule has 190 valence electrons. The fourth-order valence-corrected chi connectivity index (χ4v) is 4.84. The lowest BCUT2D eigenvalue weighted by Crippen LogP contribution is -2.28. The first-order chi connectivity index (χ1) is 18.2. The van der Waals surface area contributed by atoms with Gasteiger partial charge in [-0.15, -0.1) is 11.3 Å². The van der Waals surface area contributed by atoms with Crippen molar-refractivity contribution in [2.75, 3.05) is 31.7 Å². The fourth-order valence-electron chi connectivity index (χ4n) is 3.98. The maximum Gasteiger partial charge on any atom is 0.251 e. The minimum atomic E-state index is -0.00405. The molecule has 4 aromatic rings. The van der Waals surface area contributed by atoms with Crippen LogP contribution in [0.5, 0.6) is 11.5 Å². The van der Waals surface area contributed by atoms with Crippen LogP contribution in [0.15, 0.2) is 84.2 Å². The van der Waals surface area contributed by atoms with Crippen molar-refractivity contribution in [3.8, 4) is 22.8 Å². The van der Waals surface area contributed by atoms with Crippen molar-refractivity contribution in [3.05, 3.63) is 95.4 Å².